The molecule has 3 aromatic carbocycles. The van der Waals surface area contributed by atoms with Crippen molar-refractivity contribution >= 4 is 34.6 Å². The lowest BCUT2D eigenvalue weighted by Gasteiger charge is -2.13. The molecule has 10 nitrogen and oxygen atoms in total. The molecule has 0 aliphatic carbocycles. The second-order valence-electron chi connectivity index (χ2n) is 6.50. The van der Waals surface area contributed by atoms with Gasteiger partial charge in [-0.2, -0.15) is 0 Å². The predicted molar refractivity (Wildman–Crippen MR) is 117 cm³/mol. The summed E-state index contributed by atoms with van der Waals surface area (Å²) in [6.07, 6.45) is 0. The summed E-state index contributed by atoms with van der Waals surface area (Å²) >= 11 is 5.82. The molecule has 1 amide bonds. The van der Waals surface area contributed by atoms with Crippen molar-refractivity contribution in [1.29, 1.82) is 0 Å². The standard InChI is InChI=1S/C21H16ClN3O7/c1-12-15(4-3-5-16(12)24(27)28)23-21(26)13-6-8-19(20(10-13)31-2)32-18-9-7-14(22)11-17(18)25(29)30/h3-11H,1-2H3,(H,23,26). The number of nitro groups is 2. The van der Waals surface area contributed by atoms with Crippen LogP contribution in [0.4, 0.5) is 17.1 Å². The molecule has 164 valence electrons. The minimum Gasteiger partial charge on any atom is -0.493 e. The van der Waals surface area contributed by atoms with Gasteiger partial charge in [-0.05, 0) is 43.3 Å². The van der Waals surface area contributed by atoms with Crippen molar-refractivity contribution in [2.24, 2.45) is 0 Å². The summed E-state index contributed by atoms with van der Waals surface area (Å²) in [4.78, 5) is 33.9. The number of carbonyl (C=O) groups is 1. The number of nitrogens with zero attached hydrogens (tertiary/aromatic N) is 2. The Labute approximate surface area is 186 Å². The van der Waals surface area contributed by atoms with Crippen molar-refractivity contribution < 1.29 is 24.1 Å². The van der Waals surface area contributed by atoms with Crippen LogP contribution in [0.2, 0.25) is 5.02 Å². The fourth-order valence-electron chi connectivity index (χ4n) is 2.88. The zero-order valence-electron chi connectivity index (χ0n) is 16.8. The van der Waals surface area contributed by atoms with Crippen molar-refractivity contribution in [1.82, 2.24) is 0 Å². The third-order valence-electron chi connectivity index (χ3n) is 4.51. The Balaban J connectivity index is 1.88. The molecule has 3 rings (SSSR count). The summed E-state index contributed by atoms with van der Waals surface area (Å²) in [5.41, 5.74) is 0.343. The molecular formula is C21H16ClN3O7. The Kier molecular flexibility index (Phi) is 6.55. The van der Waals surface area contributed by atoms with Crippen LogP contribution in [0, 0.1) is 27.2 Å². The van der Waals surface area contributed by atoms with E-state index in [0.717, 1.165) is 6.07 Å². The third kappa shape index (κ3) is 4.76. The van der Waals surface area contributed by atoms with Crippen LogP contribution in [0.15, 0.2) is 54.6 Å². The maximum absolute atomic E-state index is 12.7. The largest absolute Gasteiger partial charge is 0.493 e. The molecule has 0 aliphatic rings. The van der Waals surface area contributed by atoms with Crippen LogP contribution in [-0.4, -0.2) is 22.9 Å². The zero-order valence-corrected chi connectivity index (χ0v) is 17.6. The maximum atomic E-state index is 12.7. The minimum atomic E-state index is -0.628. The van der Waals surface area contributed by atoms with Gasteiger partial charge in [-0.25, -0.2) is 0 Å². The van der Waals surface area contributed by atoms with Gasteiger partial charge in [0.15, 0.2) is 11.5 Å². The molecule has 0 atom stereocenters. The highest BCUT2D eigenvalue weighted by atomic mass is 35.5. The van der Waals surface area contributed by atoms with Gasteiger partial charge in [0.1, 0.15) is 0 Å². The number of ether oxygens (including phenoxy) is 2. The molecule has 11 heteroatoms. The zero-order chi connectivity index (χ0) is 23.4. The third-order valence-corrected chi connectivity index (χ3v) is 4.75. The van der Waals surface area contributed by atoms with Gasteiger partial charge in [-0.15, -0.1) is 0 Å². The van der Waals surface area contributed by atoms with E-state index in [4.69, 9.17) is 21.1 Å². The lowest BCUT2D eigenvalue weighted by atomic mass is 10.1. The number of hydrogen-bond donors (Lipinski definition) is 1. The van der Waals surface area contributed by atoms with Gasteiger partial charge < -0.3 is 14.8 Å². The lowest BCUT2D eigenvalue weighted by Crippen LogP contribution is -2.13. The number of benzene rings is 3. The summed E-state index contributed by atoms with van der Waals surface area (Å²) in [5, 5.41) is 25.2. The number of rotatable bonds is 7. The molecule has 0 fully saturated rings. The molecule has 0 spiro atoms. The van der Waals surface area contributed by atoms with Crippen molar-refractivity contribution in [3.63, 3.8) is 0 Å². The Morgan fingerprint density at radius 3 is 2.28 bits per heavy atom. The van der Waals surface area contributed by atoms with Gasteiger partial charge in [0.2, 0.25) is 5.75 Å². The van der Waals surface area contributed by atoms with E-state index in [1.807, 2.05) is 0 Å². The average Bonchev–Trinajstić information content (AvgIpc) is 2.76. The number of halogens is 1. The van der Waals surface area contributed by atoms with Crippen molar-refractivity contribution in [3.8, 4) is 17.2 Å². The molecule has 0 heterocycles. The topological polar surface area (TPSA) is 134 Å². The van der Waals surface area contributed by atoms with Gasteiger partial charge in [-0.1, -0.05) is 17.7 Å². The number of amides is 1. The molecular weight excluding hydrogens is 442 g/mol. The molecule has 3 aromatic rings. The SMILES string of the molecule is COc1cc(C(=O)Nc2cccc([N+](=O)[O-])c2C)ccc1Oc1ccc(Cl)cc1[N+](=O)[O-]. The monoisotopic (exact) mass is 457 g/mol. The Morgan fingerprint density at radius 1 is 0.938 bits per heavy atom. The first-order chi connectivity index (χ1) is 15.2. The number of nitro benzene ring substituents is 2. The Hall–Kier alpha value is -4.18. The summed E-state index contributed by atoms with van der Waals surface area (Å²) in [6.45, 7) is 1.53. The molecule has 0 aliphatic heterocycles. The smallest absolute Gasteiger partial charge is 0.313 e. The quantitative estimate of drug-likeness (QED) is 0.364. The van der Waals surface area contributed by atoms with Crippen LogP contribution < -0.4 is 14.8 Å². The molecule has 0 unspecified atom stereocenters. The summed E-state index contributed by atoms with van der Waals surface area (Å²) in [5.74, 6) is -0.295. The van der Waals surface area contributed by atoms with Gasteiger partial charge in [0, 0.05) is 22.7 Å². The van der Waals surface area contributed by atoms with E-state index in [9.17, 15) is 25.0 Å². The normalized spacial score (nSPS) is 10.3. The van der Waals surface area contributed by atoms with Gasteiger partial charge in [-0.3, -0.25) is 25.0 Å². The molecule has 0 aromatic heterocycles. The number of hydrogen-bond acceptors (Lipinski definition) is 7. The van der Waals surface area contributed by atoms with E-state index < -0.39 is 15.8 Å². The van der Waals surface area contributed by atoms with E-state index in [-0.39, 0.29) is 39.2 Å². The van der Waals surface area contributed by atoms with Crippen LogP contribution in [0.5, 0.6) is 17.2 Å². The van der Waals surface area contributed by atoms with Crippen LogP contribution in [0.1, 0.15) is 15.9 Å². The highest BCUT2D eigenvalue weighted by Crippen LogP contribution is 2.38. The van der Waals surface area contributed by atoms with Crippen LogP contribution in [0.3, 0.4) is 0 Å². The fourth-order valence-corrected chi connectivity index (χ4v) is 3.05. The minimum absolute atomic E-state index is 0.0536. The Bertz CT molecular complexity index is 1230. The number of nitrogens with one attached hydrogen (secondary N) is 1. The lowest BCUT2D eigenvalue weighted by molar-refractivity contribution is -0.385. The average molecular weight is 458 g/mol. The van der Waals surface area contributed by atoms with E-state index in [1.165, 1.54) is 56.5 Å². The second kappa shape index (κ2) is 9.31. The number of anilines is 1. The van der Waals surface area contributed by atoms with Crippen molar-refractivity contribution in [3.05, 3.63) is 91.0 Å². The molecule has 1 N–H and O–H groups in total. The molecule has 0 saturated heterocycles. The maximum Gasteiger partial charge on any atom is 0.313 e. The second-order valence-corrected chi connectivity index (χ2v) is 6.93. The van der Waals surface area contributed by atoms with Gasteiger partial charge in [0.05, 0.1) is 28.2 Å². The van der Waals surface area contributed by atoms with Crippen LogP contribution >= 0.6 is 11.6 Å². The molecule has 32 heavy (non-hydrogen) atoms. The predicted octanol–water partition coefficient (Wildman–Crippen LogP) is 5.52. The first-order valence-corrected chi connectivity index (χ1v) is 9.44. The first-order valence-electron chi connectivity index (χ1n) is 9.06. The van der Waals surface area contributed by atoms with E-state index in [1.54, 1.807) is 6.07 Å². The highest BCUT2D eigenvalue weighted by molar-refractivity contribution is 6.30. The Morgan fingerprint density at radius 2 is 1.62 bits per heavy atom. The van der Waals surface area contributed by atoms with E-state index in [0.29, 0.717) is 11.3 Å². The van der Waals surface area contributed by atoms with Gasteiger partial charge in [0.25, 0.3) is 11.6 Å². The van der Waals surface area contributed by atoms with Crippen LogP contribution in [0.25, 0.3) is 0 Å². The summed E-state index contributed by atoms with van der Waals surface area (Å²) in [7, 11) is 1.35. The van der Waals surface area contributed by atoms with Gasteiger partial charge >= 0.3 is 5.69 Å². The number of carbonyl (C=O) groups excluding carboxylic acids is 1. The van der Waals surface area contributed by atoms with E-state index >= 15 is 0 Å². The molecule has 0 radical (unpaired) electrons. The van der Waals surface area contributed by atoms with Crippen molar-refractivity contribution in [2.45, 2.75) is 6.92 Å². The first kappa shape index (κ1) is 22.5. The van der Waals surface area contributed by atoms with Crippen LogP contribution in [-0.2, 0) is 0 Å². The molecule has 0 bridgehead atoms. The van der Waals surface area contributed by atoms with Crippen molar-refractivity contribution in [2.75, 3.05) is 12.4 Å². The summed E-state index contributed by atoms with van der Waals surface area (Å²) < 4.78 is 10.9. The summed E-state index contributed by atoms with van der Waals surface area (Å²) in [6, 6.07) is 12.6. The highest BCUT2D eigenvalue weighted by Gasteiger charge is 2.20. The number of methoxy groups -OCH3 is 1. The van der Waals surface area contributed by atoms with E-state index in [2.05, 4.69) is 5.32 Å². The molecule has 0 saturated carbocycles. The fraction of sp³-hybridized carbons (Fsp3) is 0.0952.